The Labute approximate surface area is 154 Å². The number of nitrogens with one attached hydrogen (secondary N) is 2. The van der Waals surface area contributed by atoms with E-state index in [4.69, 9.17) is 9.84 Å². The van der Waals surface area contributed by atoms with Crippen LogP contribution in [0.15, 0.2) is 64.5 Å². The molecule has 27 heavy (non-hydrogen) atoms. The highest BCUT2D eigenvalue weighted by Crippen LogP contribution is 2.20. The van der Waals surface area contributed by atoms with Gasteiger partial charge < -0.3 is 9.84 Å². The molecule has 1 heterocycles. The van der Waals surface area contributed by atoms with E-state index in [0.29, 0.717) is 17.0 Å². The third-order valence-corrected chi connectivity index (χ3v) is 3.69. The number of anilines is 1. The molecule has 3 aromatic rings. The summed E-state index contributed by atoms with van der Waals surface area (Å²) in [6.07, 6.45) is 1.35. The van der Waals surface area contributed by atoms with Crippen LogP contribution in [0.25, 0.3) is 11.3 Å². The van der Waals surface area contributed by atoms with E-state index < -0.39 is 5.97 Å². The lowest BCUT2D eigenvalue weighted by Crippen LogP contribution is -2.10. The first-order valence-corrected chi connectivity index (χ1v) is 7.94. The minimum absolute atomic E-state index is 0.122. The third kappa shape index (κ3) is 4.37. The van der Waals surface area contributed by atoms with Crippen LogP contribution in [0.1, 0.15) is 15.9 Å². The van der Waals surface area contributed by atoms with Gasteiger partial charge in [0, 0.05) is 17.2 Å². The molecule has 0 saturated heterocycles. The van der Waals surface area contributed by atoms with Crippen molar-refractivity contribution in [3.63, 3.8) is 0 Å². The van der Waals surface area contributed by atoms with Gasteiger partial charge in [-0.25, -0.2) is 15.2 Å². The van der Waals surface area contributed by atoms with Gasteiger partial charge in [-0.15, -0.1) is 0 Å². The molecule has 2 aromatic carbocycles. The van der Waals surface area contributed by atoms with E-state index >= 15 is 0 Å². The average molecular weight is 364 g/mol. The molecule has 0 aliphatic heterocycles. The topological polar surface area (TPSA) is 117 Å². The molecule has 0 amide bonds. The molecular formula is C19H16N4O4. The van der Waals surface area contributed by atoms with Crippen molar-refractivity contribution in [2.45, 2.75) is 0 Å². The number of methoxy groups -OCH3 is 1. The van der Waals surface area contributed by atoms with E-state index in [1.54, 1.807) is 49.6 Å². The lowest BCUT2D eigenvalue weighted by molar-refractivity contribution is 0.0697. The zero-order valence-corrected chi connectivity index (χ0v) is 14.3. The molecule has 0 bridgehead atoms. The molecule has 0 radical (unpaired) electrons. The van der Waals surface area contributed by atoms with Crippen LogP contribution in [0.2, 0.25) is 0 Å². The van der Waals surface area contributed by atoms with Crippen molar-refractivity contribution in [3.8, 4) is 17.0 Å². The smallest absolute Gasteiger partial charge is 0.336 e. The van der Waals surface area contributed by atoms with Gasteiger partial charge in [0.2, 0.25) is 5.95 Å². The molecule has 0 aliphatic rings. The molecule has 8 nitrogen and oxygen atoms in total. The number of rotatable bonds is 6. The summed E-state index contributed by atoms with van der Waals surface area (Å²) >= 11 is 0. The number of carboxylic acids is 1. The highest BCUT2D eigenvalue weighted by molar-refractivity contribution is 5.98. The number of nitrogens with zero attached hydrogens (tertiary/aromatic N) is 2. The lowest BCUT2D eigenvalue weighted by Gasteiger charge is -2.05. The van der Waals surface area contributed by atoms with Gasteiger partial charge in [-0.05, 0) is 30.3 Å². The van der Waals surface area contributed by atoms with Crippen LogP contribution in [-0.2, 0) is 0 Å². The van der Waals surface area contributed by atoms with E-state index in [-0.39, 0.29) is 17.1 Å². The average Bonchev–Trinajstić information content (AvgIpc) is 2.68. The first-order chi connectivity index (χ1) is 13.1. The zero-order valence-electron chi connectivity index (χ0n) is 14.3. The van der Waals surface area contributed by atoms with Gasteiger partial charge in [-0.2, -0.15) is 5.10 Å². The second-order valence-corrected chi connectivity index (χ2v) is 5.47. The SMILES string of the molecule is COc1ccc(-c2cc(=O)[nH]c(N/N=C\c3ccccc3C(=O)O)n2)cc1. The summed E-state index contributed by atoms with van der Waals surface area (Å²) in [4.78, 5) is 29.9. The third-order valence-electron chi connectivity index (χ3n) is 3.69. The fraction of sp³-hybridized carbons (Fsp3) is 0.0526. The number of carboxylic acid groups (broad SMARTS) is 1. The Bertz CT molecular complexity index is 1040. The van der Waals surface area contributed by atoms with Gasteiger partial charge in [0.25, 0.3) is 5.56 Å². The van der Waals surface area contributed by atoms with E-state index in [9.17, 15) is 9.59 Å². The van der Waals surface area contributed by atoms with Crippen LogP contribution >= 0.6 is 0 Å². The predicted molar refractivity (Wildman–Crippen MR) is 101 cm³/mol. The molecule has 0 aliphatic carbocycles. The molecule has 1 aromatic heterocycles. The first kappa shape index (κ1) is 17.9. The summed E-state index contributed by atoms with van der Waals surface area (Å²) in [5, 5.41) is 13.1. The van der Waals surface area contributed by atoms with Crippen LogP contribution in [0.3, 0.4) is 0 Å². The van der Waals surface area contributed by atoms with Crippen LogP contribution in [0, 0.1) is 0 Å². The van der Waals surface area contributed by atoms with Gasteiger partial charge in [0.05, 0.1) is 24.6 Å². The van der Waals surface area contributed by atoms with Gasteiger partial charge in [0.1, 0.15) is 5.75 Å². The van der Waals surface area contributed by atoms with Gasteiger partial charge in [0.15, 0.2) is 0 Å². The second-order valence-electron chi connectivity index (χ2n) is 5.47. The van der Waals surface area contributed by atoms with Gasteiger partial charge in [-0.1, -0.05) is 18.2 Å². The summed E-state index contributed by atoms with van der Waals surface area (Å²) in [6, 6.07) is 14.9. The fourth-order valence-corrected chi connectivity index (χ4v) is 2.39. The molecule has 3 rings (SSSR count). The molecular weight excluding hydrogens is 348 g/mol. The van der Waals surface area contributed by atoms with Crippen molar-refractivity contribution in [3.05, 3.63) is 76.1 Å². The summed E-state index contributed by atoms with van der Waals surface area (Å²) in [5.74, 6) is -0.217. The van der Waals surface area contributed by atoms with Crippen molar-refractivity contribution in [1.82, 2.24) is 9.97 Å². The maximum atomic E-state index is 11.9. The van der Waals surface area contributed by atoms with Gasteiger partial charge in [-0.3, -0.25) is 9.78 Å². The van der Waals surface area contributed by atoms with Crippen molar-refractivity contribution < 1.29 is 14.6 Å². The Morgan fingerprint density at radius 1 is 1.22 bits per heavy atom. The Morgan fingerprint density at radius 3 is 2.67 bits per heavy atom. The van der Waals surface area contributed by atoms with E-state index in [2.05, 4.69) is 20.5 Å². The summed E-state index contributed by atoms with van der Waals surface area (Å²) in [7, 11) is 1.57. The zero-order chi connectivity index (χ0) is 19.2. The number of hydrogen-bond acceptors (Lipinski definition) is 6. The summed E-state index contributed by atoms with van der Waals surface area (Å²) in [5.41, 5.74) is 4.02. The standard InChI is InChI=1S/C19H16N4O4/c1-27-14-8-6-12(7-9-14)16-10-17(24)22-19(21-16)23-20-11-13-4-2-3-5-15(13)18(25)26/h2-11H,1H3,(H,25,26)(H2,21,22,23,24)/b20-11-. The van der Waals surface area contributed by atoms with Crippen LogP contribution in [0.5, 0.6) is 5.75 Å². The Balaban J connectivity index is 1.83. The number of aromatic nitrogens is 2. The molecule has 0 unspecified atom stereocenters. The Morgan fingerprint density at radius 2 is 1.96 bits per heavy atom. The largest absolute Gasteiger partial charge is 0.497 e. The number of hydrogen-bond donors (Lipinski definition) is 3. The van der Waals surface area contributed by atoms with E-state index in [0.717, 1.165) is 5.56 Å². The van der Waals surface area contributed by atoms with Crippen LogP contribution in [0.4, 0.5) is 5.95 Å². The minimum Gasteiger partial charge on any atom is -0.497 e. The molecule has 0 atom stereocenters. The number of aromatic carboxylic acids is 1. The summed E-state index contributed by atoms with van der Waals surface area (Å²) < 4.78 is 5.11. The number of ether oxygens (including phenoxy) is 1. The van der Waals surface area contributed by atoms with Crippen LogP contribution < -0.4 is 15.7 Å². The second kappa shape index (κ2) is 7.96. The summed E-state index contributed by atoms with van der Waals surface area (Å²) in [6.45, 7) is 0. The Kier molecular flexibility index (Phi) is 5.27. The molecule has 0 saturated carbocycles. The molecule has 136 valence electrons. The quantitative estimate of drug-likeness (QED) is 0.457. The first-order valence-electron chi connectivity index (χ1n) is 7.94. The number of aromatic amines is 1. The van der Waals surface area contributed by atoms with Crippen molar-refractivity contribution >= 4 is 18.1 Å². The molecule has 0 spiro atoms. The van der Waals surface area contributed by atoms with Crippen LogP contribution in [-0.4, -0.2) is 34.4 Å². The number of hydrazone groups is 1. The van der Waals surface area contributed by atoms with Crippen molar-refractivity contribution in [2.75, 3.05) is 12.5 Å². The van der Waals surface area contributed by atoms with Crippen molar-refractivity contribution in [2.24, 2.45) is 5.10 Å². The highest BCUT2D eigenvalue weighted by Gasteiger charge is 2.07. The normalized spacial score (nSPS) is 10.7. The number of carbonyl (C=O) groups is 1. The predicted octanol–water partition coefficient (Wildman–Crippen LogP) is 2.59. The van der Waals surface area contributed by atoms with Gasteiger partial charge >= 0.3 is 5.97 Å². The molecule has 8 heteroatoms. The van der Waals surface area contributed by atoms with E-state index in [1.165, 1.54) is 18.3 Å². The number of H-pyrrole nitrogens is 1. The van der Waals surface area contributed by atoms with Crippen molar-refractivity contribution in [1.29, 1.82) is 0 Å². The maximum Gasteiger partial charge on any atom is 0.336 e. The van der Waals surface area contributed by atoms with E-state index in [1.807, 2.05) is 0 Å². The Hall–Kier alpha value is -3.94. The maximum absolute atomic E-state index is 11.9. The lowest BCUT2D eigenvalue weighted by atomic mass is 10.1. The molecule has 0 fully saturated rings. The highest BCUT2D eigenvalue weighted by atomic mass is 16.5. The monoisotopic (exact) mass is 364 g/mol. The minimum atomic E-state index is -1.05. The molecule has 3 N–H and O–H groups in total. The number of benzene rings is 2. The fourth-order valence-electron chi connectivity index (χ4n) is 2.39.